The Bertz CT molecular complexity index is 672. The molecule has 1 N–H and O–H groups in total. The lowest BCUT2D eigenvalue weighted by Gasteiger charge is -2.15. The van der Waals surface area contributed by atoms with E-state index in [2.05, 4.69) is 22.2 Å². The molecule has 0 bridgehead atoms. The molecule has 0 aromatic carbocycles. The molecule has 0 atom stereocenters. The zero-order chi connectivity index (χ0) is 16.2. The summed E-state index contributed by atoms with van der Waals surface area (Å²) in [6, 6.07) is 3.64. The van der Waals surface area contributed by atoms with E-state index < -0.39 is 0 Å². The Hall–Kier alpha value is -1.95. The van der Waals surface area contributed by atoms with Crippen LogP contribution in [-0.2, 0) is 6.42 Å². The highest BCUT2D eigenvalue weighted by molar-refractivity contribution is 7.11. The van der Waals surface area contributed by atoms with Gasteiger partial charge >= 0.3 is 0 Å². The van der Waals surface area contributed by atoms with E-state index in [1.807, 2.05) is 17.9 Å². The number of likely N-dealkylation sites (tertiary alicyclic amines) is 1. The van der Waals surface area contributed by atoms with Crippen molar-refractivity contribution < 1.29 is 4.79 Å². The molecule has 2 aromatic heterocycles. The van der Waals surface area contributed by atoms with Crippen LogP contribution in [-0.4, -0.2) is 40.4 Å². The summed E-state index contributed by atoms with van der Waals surface area (Å²) in [5.41, 5.74) is 1.83. The first-order valence-electron chi connectivity index (χ1n) is 8.05. The molecule has 0 aliphatic carbocycles. The highest BCUT2D eigenvalue weighted by Crippen LogP contribution is 2.17. The number of aryl methyl sites for hydroxylation is 2. The average Bonchev–Trinajstić information content (AvgIpc) is 3.18. The van der Waals surface area contributed by atoms with Crippen LogP contribution < -0.4 is 5.32 Å². The molecule has 1 saturated heterocycles. The topological polar surface area (TPSA) is 58.1 Å². The molecule has 1 amide bonds. The molecular weight excluding hydrogens is 308 g/mol. The molecule has 23 heavy (non-hydrogen) atoms. The first-order chi connectivity index (χ1) is 11.1. The summed E-state index contributed by atoms with van der Waals surface area (Å²) in [5, 5.41) is 4.43. The van der Waals surface area contributed by atoms with Gasteiger partial charge in [-0.3, -0.25) is 4.79 Å². The third-order valence-corrected chi connectivity index (χ3v) is 5.25. The minimum Gasteiger partial charge on any atom is -0.370 e. The molecule has 2 aromatic rings. The molecule has 1 aliphatic rings. The number of rotatable bonds is 5. The average molecular weight is 330 g/mol. The summed E-state index contributed by atoms with van der Waals surface area (Å²) in [4.78, 5) is 24.4. The molecule has 1 aliphatic heterocycles. The Morgan fingerprint density at radius 1 is 1.35 bits per heavy atom. The maximum atomic E-state index is 12.4. The van der Waals surface area contributed by atoms with Gasteiger partial charge in [-0.2, -0.15) is 0 Å². The summed E-state index contributed by atoms with van der Waals surface area (Å²) >= 11 is 1.74. The van der Waals surface area contributed by atoms with Gasteiger partial charge in [0.1, 0.15) is 5.82 Å². The fraction of sp³-hybridized carbons (Fsp3) is 0.471. The molecule has 3 rings (SSSR count). The van der Waals surface area contributed by atoms with E-state index in [1.54, 1.807) is 23.6 Å². The van der Waals surface area contributed by atoms with Crippen molar-refractivity contribution in [3.8, 4) is 0 Å². The Balaban J connectivity index is 1.57. The lowest BCUT2D eigenvalue weighted by atomic mass is 10.2. The van der Waals surface area contributed by atoms with Crippen molar-refractivity contribution in [2.75, 3.05) is 25.0 Å². The number of nitrogens with zero attached hydrogens (tertiary/aromatic N) is 3. The van der Waals surface area contributed by atoms with Crippen LogP contribution in [0.3, 0.4) is 0 Å². The van der Waals surface area contributed by atoms with Crippen molar-refractivity contribution in [3.05, 3.63) is 39.5 Å². The second kappa shape index (κ2) is 7.08. The Kier molecular flexibility index (Phi) is 4.91. The summed E-state index contributed by atoms with van der Waals surface area (Å²) < 4.78 is 0. The Labute approximate surface area is 140 Å². The van der Waals surface area contributed by atoms with Crippen LogP contribution in [0.5, 0.6) is 0 Å². The van der Waals surface area contributed by atoms with Crippen molar-refractivity contribution in [2.24, 2.45) is 0 Å². The number of thiazole rings is 1. The van der Waals surface area contributed by atoms with Crippen LogP contribution in [0.15, 0.2) is 18.3 Å². The van der Waals surface area contributed by atoms with Crippen molar-refractivity contribution >= 4 is 23.1 Å². The molecule has 6 heteroatoms. The number of pyridine rings is 1. The van der Waals surface area contributed by atoms with Gasteiger partial charge in [-0.1, -0.05) is 0 Å². The molecule has 5 nitrogen and oxygen atoms in total. The summed E-state index contributed by atoms with van der Waals surface area (Å²) in [6.45, 7) is 6.64. The maximum absolute atomic E-state index is 12.4. The van der Waals surface area contributed by atoms with Gasteiger partial charge in [0, 0.05) is 42.7 Å². The minimum atomic E-state index is 0.110. The highest BCUT2D eigenvalue weighted by atomic mass is 32.1. The van der Waals surface area contributed by atoms with Gasteiger partial charge in [-0.15, -0.1) is 11.3 Å². The first kappa shape index (κ1) is 15.9. The quantitative estimate of drug-likeness (QED) is 0.915. The second-order valence-corrected chi connectivity index (χ2v) is 7.14. The fourth-order valence-corrected chi connectivity index (χ4v) is 3.64. The summed E-state index contributed by atoms with van der Waals surface area (Å²) in [6.07, 6.45) is 4.78. The molecule has 0 radical (unpaired) electrons. The van der Waals surface area contributed by atoms with Gasteiger partial charge in [0.15, 0.2) is 0 Å². The fourth-order valence-electron chi connectivity index (χ4n) is 2.71. The van der Waals surface area contributed by atoms with Gasteiger partial charge in [0.25, 0.3) is 5.91 Å². The molecule has 122 valence electrons. The third-order valence-electron chi connectivity index (χ3n) is 4.12. The van der Waals surface area contributed by atoms with Gasteiger partial charge in [0.05, 0.1) is 10.7 Å². The molecule has 0 unspecified atom stereocenters. The number of hydrogen-bond donors (Lipinski definition) is 1. The normalized spacial score (nSPS) is 14.3. The van der Waals surface area contributed by atoms with Crippen LogP contribution in [0, 0.1) is 13.8 Å². The van der Waals surface area contributed by atoms with Gasteiger partial charge < -0.3 is 10.2 Å². The van der Waals surface area contributed by atoms with E-state index in [0.717, 1.165) is 55.4 Å². The molecule has 0 spiro atoms. The standard InChI is InChI=1S/C17H22N4OS/c1-12-13(2)23-16(20-12)6-8-19-15-11-14(5-7-18-15)17(22)21-9-3-4-10-21/h5,7,11H,3-4,6,8-10H2,1-2H3,(H,18,19). The number of carbonyl (C=O) groups excluding carboxylic acids is 1. The largest absolute Gasteiger partial charge is 0.370 e. The lowest BCUT2D eigenvalue weighted by Crippen LogP contribution is -2.27. The number of hydrogen-bond acceptors (Lipinski definition) is 5. The van der Waals surface area contributed by atoms with E-state index in [1.165, 1.54) is 4.88 Å². The number of anilines is 1. The van der Waals surface area contributed by atoms with E-state index in [9.17, 15) is 4.79 Å². The number of carbonyl (C=O) groups is 1. The number of nitrogens with one attached hydrogen (secondary N) is 1. The molecule has 0 saturated carbocycles. The van der Waals surface area contributed by atoms with Gasteiger partial charge in [0.2, 0.25) is 0 Å². The van der Waals surface area contributed by atoms with Crippen LogP contribution >= 0.6 is 11.3 Å². The lowest BCUT2D eigenvalue weighted by molar-refractivity contribution is 0.0793. The predicted octanol–water partition coefficient (Wildman–Crippen LogP) is 3.05. The molecular formula is C17H22N4OS. The molecule has 3 heterocycles. The number of amides is 1. The summed E-state index contributed by atoms with van der Waals surface area (Å²) in [5.74, 6) is 0.860. The zero-order valence-electron chi connectivity index (χ0n) is 13.6. The first-order valence-corrected chi connectivity index (χ1v) is 8.87. The SMILES string of the molecule is Cc1nc(CCNc2cc(C(=O)N3CCCC3)ccn2)sc1C. The van der Waals surface area contributed by atoms with E-state index >= 15 is 0 Å². The van der Waals surface area contributed by atoms with Crippen LogP contribution in [0.1, 0.15) is 38.8 Å². The minimum absolute atomic E-state index is 0.110. The maximum Gasteiger partial charge on any atom is 0.254 e. The van der Waals surface area contributed by atoms with E-state index in [-0.39, 0.29) is 5.91 Å². The van der Waals surface area contributed by atoms with Crippen molar-refractivity contribution in [1.82, 2.24) is 14.9 Å². The zero-order valence-corrected chi connectivity index (χ0v) is 14.4. The van der Waals surface area contributed by atoms with Crippen LogP contribution in [0.4, 0.5) is 5.82 Å². The van der Waals surface area contributed by atoms with Crippen molar-refractivity contribution in [2.45, 2.75) is 33.1 Å². The van der Waals surface area contributed by atoms with E-state index in [0.29, 0.717) is 5.56 Å². The van der Waals surface area contributed by atoms with Gasteiger partial charge in [-0.05, 0) is 38.8 Å². The number of aromatic nitrogens is 2. The third kappa shape index (κ3) is 3.88. The highest BCUT2D eigenvalue weighted by Gasteiger charge is 2.19. The predicted molar refractivity (Wildman–Crippen MR) is 93.2 cm³/mol. The Morgan fingerprint density at radius 2 is 2.13 bits per heavy atom. The summed E-state index contributed by atoms with van der Waals surface area (Å²) in [7, 11) is 0. The monoisotopic (exact) mass is 330 g/mol. The van der Waals surface area contributed by atoms with E-state index in [4.69, 9.17) is 0 Å². The second-order valence-electron chi connectivity index (χ2n) is 5.86. The van der Waals surface area contributed by atoms with Gasteiger partial charge in [-0.25, -0.2) is 9.97 Å². The Morgan fingerprint density at radius 3 is 2.83 bits per heavy atom. The van der Waals surface area contributed by atoms with Crippen LogP contribution in [0.2, 0.25) is 0 Å². The van der Waals surface area contributed by atoms with Crippen molar-refractivity contribution in [3.63, 3.8) is 0 Å². The van der Waals surface area contributed by atoms with Crippen LogP contribution in [0.25, 0.3) is 0 Å². The smallest absolute Gasteiger partial charge is 0.254 e. The van der Waals surface area contributed by atoms with Crippen molar-refractivity contribution in [1.29, 1.82) is 0 Å². The molecule has 1 fully saturated rings.